The van der Waals surface area contributed by atoms with Crippen LogP contribution in [0.4, 0.5) is 5.69 Å². The molecular weight excluding hydrogens is 296 g/mol. The van der Waals surface area contributed by atoms with Crippen LogP contribution in [0.3, 0.4) is 0 Å². The summed E-state index contributed by atoms with van der Waals surface area (Å²) in [6, 6.07) is 6.33. The first-order valence-corrected chi connectivity index (χ1v) is 7.88. The fraction of sp³-hybridized carbons (Fsp3) is 0.250. The number of aromatic nitrogens is 3. The highest BCUT2D eigenvalue weighted by Crippen LogP contribution is 2.14. The molecule has 2 N–H and O–H groups in total. The fourth-order valence-electron chi connectivity index (χ4n) is 1.65. The summed E-state index contributed by atoms with van der Waals surface area (Å²) in [5, 5.41) is 19.2. The lowest BCUT2D eigenvalue weighted by atomic mass is 10.3. The van der Waals surface area contributed by atoms with Crippen molar-refractivity contribution in [1.29, 1.82) is 0 Å². The van der Waals surface area contributed by atoms with Gasteiger partial charge in [-0.05, 0) is 24.3 Å². The van der Waals surface area contributed by atoms with Crippen LogP contribution < -0.4 is 5.32 Å². The van der Waals surface area contributed by atoms with Crippen LogP contribution in [0, 0.1) is 0 Å². The summed E-state index contributed by atoms with van der Waals surface area (Å²) in [7, 11) is -3.20. The van der Waals surface area contributed by atoms with E-state index in [0.29, 0.717) is 12.2 Å². The van der Waals surface area contributed by atoms with Gasteiger partial charge < -0.3 is 10.4 Å². The van der Waals surface area contributed by atoms with E-state index in [4.69, 9.17) is 5.11 Å². The summed E-state index contributed by atoms with van der Waals surface area (Å²) in [4.78, 5) is 10.8. The average molecular weight is 310 g/mol. The molecule has 0 amide bonds. The maximum absolute atomic E-state index is 11.3. The summed E-state index contributed by atoms with van der Waals surface area (Å²) >= 11 is 0. The molecule has 1 aromatic heterocycles. The summed E-state index contributed by atoms with van der Waals surface area (Å²) in [5.74, 6) is -0.990. The van der Waals surface area contributed by atoms with E-state index in [-0.39, 0.29) is 11.4 Å². The van der Waals surface area contributed by atoms with Crippen LogP contribution in [0.5, 0.6) is 0 Å². The molecule has 112 valence electrons. The highest BCUT2D eigenvalue weighted by Gasteiger charge is 2.07. The van der Waals surface area contributed by atoms with Crippen molar-refractivity contribution in [2.45, 2.75) is 18.0 Å². The Kier molecular flexibility index (Phi) is 4.22. The number of nitrogens with zero attached hydrogens (tertiary/aromatic N) is 3. The molecule has 0 fully saturated rings. The number of nitrogens with one attached hydrogen (secondary N) is 1. The van der Waals surface area contributed by atoms with Crippen molar-refractivity contribution in [3.63, 3.8) is 0 Å². The Labute approximate surface area is 121 Å². The van der Waals surface area contributed by atoms with E-state index in [9.17, 15) is 13.2 Å². The topological polar surface area (TPSA) is 114 Å². The Morgan fingerprint density at radius 3 is 2.57 bits per heavy atom. The first-order valence-electron chi connectivity index (χ1n) is 5.99. The number of aliphatic carboxylic acids is 1. The van der Waals surface area contributed by atoms with E-state index in [2.05, 4.69) is 15.6 Å². The number of hydrogen-bond acceptors (Lipinski definition) is 6. The van der Waals surface area contributed by atoms with Gasteiger partial charge in [0.05, 0.1) is 17.6 Å². The number of carbonyl (C=O) groups is 1. The number of rotatable bonds is 6. The maximum Gasteiger partial charge on any atom is 0.325 e. The van der Waals surface area contributed by atoms with Crippen LogP contribution in [-0.2, 0) is 27.7 Å². The predicted molar refractivity (Wildman–Crippen MR) is 74.5 cm³/mol. The van der Waals surface area contributed by atoms with Crippen molar-refractivity contribution < 1.29 is 18.3 Å². The normalized spacial score (nSPS) is 11.3. The van der Waals surface area contributed by atoms with Gasteiger partial charge in [0.25, 0.3) is 0 Å². The van der Waals surface area contributed by atoms with Gasteiger partial charge in [-0.1, -0.05) is 5.21 Å². The molecule has 0 saturated heterocycles. The van der Waals surface area contributed by atoms with Crippen molar-refractivity contribution in [3.8, 4) is 0 Å². The number of carboxylic acids is 1. The Balaban J connectivity index is 1.97. The zero-order valence-corrected chi connectivity index (χ0v) is 12.0. The third-order valence-electron chi connectivity index (χ3n) is 2.64. The molecule has 0 spiro atoms. The van der Waals surface area contributed by atoms with Gasteiger partial charge in [-0.25, -0.2) is 13.1 Å². The minimum atomic E-state index is -3.20. The third kappa shape index (κ3) is 4.28. The molecule has 8 nitrogen and oxygen atoms in total. The van der Waals surface area contributed by atoms with Crippen LogP contribution in [0.15, 0.2) is 35.4 Å². The molecule has 1 heterocycles. The van der Waals surface area contributed by atoms with E-state index in [1.165, 1.54) is 23.0 Å². The summed E-state index contributed by atoms with van der Waals surface area (Å²) in [6.07, 6.45) is 2.68. The number of sulfone groups is 1. The second-order valence-corrected chi connectivity index (χ2v) is 6.47. The summed E-state index contributed by atoms with van der Waals surface area (Å²) in [6.45, 7) is 0.119. The van der Waals surface area contributed by atoms with Gasteiger partial charge in [0.2, 0.25) is 0 Å². The lowest BCUT2D eigenvalue weighted by Gasteiger charge is -2.05. The van der Waals surface area contributed by atoms with Crippen molar-refractivity contribution >= 4 is 21.5 Å². The molecule has 0 atom stereocenters. The predicted octanol–water partition coefficient (Wildman–Crippen LogP) is 0.378. The first-order chi connectivity index (χ1) is 9.84. The first kappa shape index (κ1) is 15.0. The lowest BCUT2D eigenvalue weighted by molar-refractivity contribution is -0.137. The summed E-state index contributed by atoms with van der Waals surface area (Å²) in [5.41, 5.74) is 1.32. The van der Waals surface area contributed by atoms with Crippen LogP contribution in [0.2, 0.25) is 0 Å². The molecule has 1 aromatic carbocycles. The molecule has 9 heteroatoms. The van der Waals surface area contributed by atoms with Crippen LogP contribution in [0.1, 0.15) is 5.69 Å². The molecule has 0 aliphatic heterocycles. The standard InChI is InChI=1S/C12H14N4O4S/c1-21(19,20)11-4-2-9(3-5-11)13-6-10-7-16(15-14-10)8-12(17)18/h2-5,7,13H,6,8H2,1H3,(H,17,18). The Hall–Kier alpha value is -2.42. The average Bonchev–Trinajstić information content (AvgIpc) is 2.82. The highest BCUT2D eigenvalue weighted by molar-refractivity contribution is 7.90. The largest absolute Gasteiger partial charge is 0.480 e. The maximum atomic E-state index is 11.3. The van der Waals surface area contributed by atoms with E-state index >= 15 is 0 Å². The molecule has 2 rings (SSSR count). The Morgan fingerprint density at radius 1 is 1.33 bits per heavy atom. The zero-order chi connectivity index (χ0) is 15.5. The SMILES string of the molecule is CS(=O)(=O)c1ccc(NCc2cn(CC(=O)O)nn2)cc1. The van der Waals surface area contributed by atoms with Gasteiger partial charge in [-0.15, -0.1) is 5.10 Å². The minimum absolute atomic E-state index is 0.240. The number of benzene rings is 1. The molecule has 21 heavy (non-hydrogen) atoms. The van der Waals surface area contributed by atoms with E-state index < -0.39 is 15.8 Å². The Bertz CT molecular complexity index is 737. The van der Waals surface area contributed by atoms with Gasteiger partial charge in [0, 0.05) is 11.9 Å². The highest BCUT2D eigenvalue weighted by atomic mass is 32.2. The van der Waals surface area contributed by atoms with Gasteiger partial charge in [0.15, 0.2) is 9.84 Å². The molecule has 0 aliphatic carbocycles. The Morgan fingerprint density at radius 2 is 2.00 bits per heavy atom. The lowest BCUT2D eigenvalue weighted by Crippen LogP contribution is -2.09. The second kappa shape index (κ2) is 5.92. The summed E-state index contributed by atoms with van der Waals surface area (Å²) < 4.78 is 23.9. The number of hydrogen-bond donors (Lipinski definition) is 2. The molecule has 0 radical (unpaired) electrons. The smallest absolute Gasteiger partial charge is 0.325 e. The van der Waals surface area contributed by atoms with Gasteiger partial charge in [0.1, 0.15) is 12.2 Å². The van der Waals surface area contributed by atoms with Crippen molar-refractivity contribution in [2.75, 3.05) is 11.6 Å². The van der Waals surface area contributed by atoms with Crippen molar-refractivity contribution in [3.05, 3.63) is 36.2 Å². The number of carboxylic acid groups (broad SMARTS) is 1. The van der Waals surface area contributed by atoms with E-state index in [1.54, 1.807) is 12.1 Å². The molecule has 0 saturated carbocycles. The third-order valence-corrected chi connectivity index (χ3v) is 3.77. The van der Waals surface area contributed by atoms with E-state index in [1.807, 2.05) is 0 Å². The fourth-order valence-corrected chi connectivity index (χ4v) is 2.28. The van der Waals surface area contributed by atoms with Crippen LogP contribution >= 0.6 is 0 Å². The second-order valence-electron chi connectivity index (χ2n) is 4.45. The van der Waals surface area contributed by atoms with Gasteiger partial charge in [-0.2, -0.15) is 0 Å². The van der Waals surface area contributed by atoms with Gasteiger partial charge >= 0.3 is 5.97 Å². The molecule has 0 unspecified atom stereocenters. The molecule has 0 bridgehead atoms. The van der Waals surface area contributed by atoms with Crippen LogP contribution in [-0.4, -0.2) is 40.7 Å². The van der Waals surface area contributed by atoms with Crippen LogP contribution in [0.25, 0.3) is 0 Å². The van der Waals surface area contributed by atoms with E-state index in [0.717, 1.165) is 11.9 Å². The van der Waals surface area contributed by atoms with Crippen molar-refractivity contribution in [1.82, 2.24) is 15.0 Å². The molecule has 2 aromatic rings. The zero-order valence-electron chi connectivity index (χ0n) is 11.2. The number of anilines is 1. The van der Waals surface area contributed by atoms with Crippen molar-refractivity contribution in [2.24, 2.45) is 0 Å². The molecule has 0 aliphatic rings. The monoisotopic (exact) mass is 310 g/mol. The minimum Gasteiger partial charge on any atom is -0.480 e. The van der Waals surface area contributed by atoms with Gasteiger partial charge in [-0.3, -0.25) is 4.79 Å². The quantitative estimate of drug-likeness (QED) is 0.792. The molecular formula is C12H14N4O4S.